The van der Waals surface area contributed by atoms with Crippen LogP contribution >= 0.6 is 24.0 Å². The van der Waals surface area contributed by atoms with Gasteiger partial charge < -0.3 is 15.4 Å². The van der Waals surface area contributed by atoms with Crippen molar-refractivity contribution in [2.75, 3.05) is 13.1 Å². The smallest absolute Gasteiger partial charge is 0.191 e. The molecular weight excluding hydrogens is 317 g/mol. The van der Waals surface area contributed by atoms with Crippen molar-refractivity contribution in [3.05, 3.63) is 0 Å². The molecule has 2 rings (SSSR count). The average molecular weight is 339 g/mol. The number of nitrogens with zero attached hydrogens (tertiary/aromatic N) is 1. The molecule has 2 aliphatic rings. The Morgan fingerprint density at radius 3 is 2.69 bits per heavy atom. The summed E-state index contributed by atoms with van der Waals surface area (Å²) in [5.74, 6) is 0.932. The topological polar surface area (TPSA) is 45.7 Å². The lowest BCUT2D eigenvalue weighted by atomic mass is 9.96. The van der Waals surface area contributed by atoms with Crippen LogP contribution in [0.5, 0.6) is 0 Å². The van der Waals surface area contributed by atoms with E-state index < -0.39 is 0 Å². The SMILES string of the molecule is CCN=C(NCC)NC1CC2CCC1O2.I. The average Bonchev–Trinajstić information content (AvgIpc) is 2.80. The predicted molar refractivity (Wildman–Crippen MR) is 76.5 cm³/mol. The third-order valence-corrected chi connectivity index (χ3v) is 3.09. The highest BCUT2D eigenvalue weighted by Gasteiger charge is 2.40. The quantitative estimate of drug-likeness (QED) is 0.465. The summed E-state index contributed by atoms with van der Waals surface area (Å²) in [5, 5.41) is 6.72. The van der Waals surface area contributed by atoms with E-state index in [1.165, 1.54) is 12.8 Å². The van der Waals surface area contributed by atoms with Gasteiger partial charge in [0.05, 0.1) is 18.2 Å². The van der Waals surface area contributed by atoms with Gasteiger partial charge in [0, 0.05) is 13.1 Å². The van der Waals surface area contributed by atoms with Crippen LogP contribution in [0.1, 0.15) is 33.1 Å². The first kappa shape index (κ1) is 14.0. The van der Waals surface area contributed by atoms with Gasteiger partial charge in [0.2, 0.25) is 0 Å². The van der Waals surface area contributed by atoms with Crippen LogP contribution in [0.15, 0.2) is 4.99 Å². The predicted octanol–water partition coefficient (Wildman–Crippen LogP) is 1.50. The summed E-state index contributed by atoms with van der Waals surface area (Å²) < 4.78 is 5.80. The van der Waals surface area contributed by atoms with E-state index in [1.807, 2.05) is 0 Å². The minimum absolute atomic E-state index is 0. The van der Waals surface area contributed by atoms with Gasteiger partial charge in [0.15, 0.2) is 5.96 Å². The summed E-state index contributed by atoms with van der Waals surface area (Å²) in [6.07, 6.45) is 4.49. The lowest BCUT2D eigenvalue weighted by Crippen LogP contribution is -2.47. The molecule has 3 unspecified atom stereocenters. The molecule has 0 saturated carbocycles. The van der Waals surface area contributed by atoms with E-state index in [-0.39, 0.29) is 24.0 Å². The highest BCUT2D eigenvalue weighted by molar-refractivity contribution is 14.0. The van der Waals surface area contributed by atoms with E-state index in [0.717, 1.165) is 25.5 Å². The zero-order chi connectivity index (χ0) is 10.7. The molecule has 2 fully saturated rings. The first-order chi connectivity index (χ1) is 7.33. The molecule has 4 nitrogen and oxygen atoms in total. The van der Waals surface area contributed by atoms with Gasteiger partial charge in [0.1, 0.15) is 0 Å². The summed E-state index contributed by atoms with van der Waals surface area (Å²) in [6, 6.07) is 0.466. The van der Waals surface area contributed by atoms with Crippen molar-refractivity contribution in [2.45, 2.75) is 51.4 Å². The third kappa shape index (κ3) is 3.23. The maximum absolute atomic E-state index is 5.80. The molecule has 3 atom stereocenters. The second-order valence-corrected chi connectivity index (χ2v) is 4.21. The Labute approximate surface area is 115 Å². The van der Waals surface area contributed by atoms with Gasteiger partial charge in [-0.2, -0.15) is 0 Å². The lowest BCUT2D eigenvalue weighted by molar-refractivity contribution is 0.0992. The van der Waals surface area contributed by atoms with E-state index in [9.17, 15) is 0 Å². The maximum Gasteiger partial charge on any atom is 0.191 e. The van der Waals surface area contributed by atoms with Gasteiger partial charge in [-0.15, -0.1) is 24.0 Å². The molecule has 16 heavy (non-hydrogen) atoms. The summed E-state index contributed by atoms with van der Waals surface area (Å²) in [4.78, 5) is 4.40. The number of hydrogen-bond acceptors (Lipinski definition) is 2. The molecule has 0 amide bonds. The fraction of sp³-hybridized carbons (Fsp3) is 0.909. The molecule has 0 spiro atoms. The van der Waals surface area contributed by atoms with Crippen molar-refractivity contribution in [3.8, 4) is 0 Å². The van der Waals surface area contributed by atoms with E-state index in [0.29, 0.717) is 18.2 Å². The molecule has 0 aromatic carbocycles. The number of guanidine groups is 1. The molecule has 0 aliphatic carbocycles. The van der Waals surface area contributed by atoms with Gasteiger partial charge in [-0.1, -0.05) is 0 Å². The number of nitrogens with one attached hydrogen (secondary N) is 2. The molecular formula is C11H22IN3O. The fourth-order valence-electron chi connectivity index (χ4n) is 2.44. The standard InChI is InChI=1S/C11H21N3O.HI/c1-3-12-11(13-4-2)14-9-7-8-5-6-10(9)15-8;/h8-10H,3-7H2,1-2H3,(H2,12,13,14);1H. The van der Waals surface area contributed by atoms with Crippen molar-refractivity contribution in [1.29, 1.82) is 0 Å². The Hall–Kier alpha value is -0.0400. The normalized spacial score (nSPS) is 32.4. The van der Waals surface area contributed by atoms with Crippen molar-refractivity contribution >= 4 is 29.9 Å². The summed E-state index contributed by atoms with van der Waals surface area (Å²) in [6.45, 7) is 5.87. The van der Waals surface area contributed by atoms with Crippen LogP contribution in [0.3, 0.4) is 0 Å². The zero-order valence-corrected chi connectivity index (χ0v) is 12.4. The van der Waals surface area contributed by atoms with Crippen LogP contribution < -0.4 is 10.6 Å². The molecule has 0 aromatic heterocycles. The number of fused-ring (bicyclic) bond motifs is 2. The molecule has 5 heteroatoms. The molecule has 2 bridgehead atoms. The minimum atomic E-state index is 0. The van der Waals surface area contributed by atoms with E-state index in [2.05, 4.69) is 29.5 Å². The van der Waals surface area contributed by atoms with Gasteiger partial charge in [-0.25, -0.2) is 0 Å². The molecule has 0 aromatic rings. The Bertz CT molecular complexity index is 247. The van der Waals surface area contributed by atoms with Crippen LogP contribution in [0, 0.1) is 0 Å². The van der Waals surface area contributed by atoms with Crippen molar-refractivity contribution in [1.82, 2.24) is 10.6 Å². The first-order valence-corrected chi connectivity index (χ1v) is 6.03. The van der Waals surface area contributed by atoms with Crippen molar-refractivity contribution in [2.24, 2.45) is 4.99 Å². The van der Waals surface area contributed by atoms with Crippen molar-refractivity contribution in [3.63, 3.8) is 0 Å². The third-order valence-electron chi connectivity index (χ3n) is 3.09. The second kappa shape index (κ2) is 6.64. The largest absolute Gasteiger partial charge is 0.373 e. The van der Waals surface area contributed by atoms with Crippen molar-refractivity contribution < 1.29 is 4.74 Å². The number of rotatable bonds is 3. The van der Waals surface area contributed by atoms with Gasteiger partial charge in [-0.05, 0) is 33.1 Å². The summed E-state index contributed by atoms with van der Waals surface area (Å²) in [5.41, 5.74) is 0. The van der Waals surface area contributed by atoms with E-state index in [1.54, 1.807) is 0 Å². The van der Waals surface area contributed by atoms with Gasteiger partial charge in [0.25, 0.3) is 0 Å². The lowest BCUT2D eigenvalue weighted by Gasteiger charge is -2.22. The second-order valence-electron chi connectivity index (χ2n) is 4.21. The fourth-order valence-corrected chi connectivity index (χ4v) is 2.44. The maximum atomic E-state index is 5.80. The highest BCUT2D eigenvalue weighted by atomic mass is 127. The van der Waals surface area contributed by atoms with E-state index >= 15 is 0 Å². The first-order valence-electron chi connectivity index (χ1n) is 6.03. The molecule has 94 valence electrons. The van der Waals surface area contributed by atoms with Gasteiger partial charge >= 0.3 is 0 Å². The molecule has 0 radical (unpaired) electrons. The minimum Gasteiger partial charge on any atom is -0.373 e. The van der Waals surface area contributed by atoms with Crippen LogP contribution in [-0.4, -0.2) is 37.3 Å². The van der Waals surface area contributed by atoms with Crippen LogP contribution in [0.4, 0.5) is 0 Å². The summed E-state index contributed by atoms with van der Waals surface area (Å²) in [7, 11) is 0. The number of hydrogen-bond donors (Lipinski definition) is 2. The molecule has 2 aliphatic heterocycles. The molecule has 2 saturated heterocycles. The van der Waals surface area contributed by atoms with Crippen LogP contribution in [-0.2, 0) is 4.74 Å². The van der Waals surface area contributed by atoms with Crippen LogP contribution in [0.2, 0.25) is 0 Å². The molecule has 2 N–H and O–H groups in total. The van der Waals surface area contributed by atoms with Crippen LogP contribution in [0.25, 0.3) is 0 Å². The Morgan fingerprint density at radius 1 is 1.38 bits per heavy atom. The highest BCUT2D eigenvalue weighted by Crippen LogP contribution is 2.34. The number of aliphatic imine (C=N–C) groups is 1. The Kier molecular flexibility index (Phi) is 5.82. The number of halogens is 1. The molecule has 2 heterocycles. The zero-order valence-electron chi connectivity index (χ0n) is 10.0. The Balaban J connectivity index is 0.00000128. The van der Waals surface area contributed by atoms with E-state index in [4.69, 9.17) is 4.74 Å². The number of ether oxygens (including phenoxy) is 1. The Morgan fingerprint density at radius 2 is 2.19 bits per heavy atom. The van der Waals surface area contributed by atoms with Gasteiger partial charge in [-0.3, -0.25) is 4.99 Å². The monoisotopic (exact) mass is 339 g/mol. The summed E-state index contributed by atoms with van der Waals surface area (Å²) >= 11 is 0.